The lowest BCUT2D eigenvalue weighted by Gasteiger charge is -2.20. The van der Waals surface area contributed by atoms with Gasteiger partial charge in [0.25, 0.3) is 5.69 Å². The van der Waals surface area contributed by atoms with E-state index in [4.69, 9.17) is 0 Å². The van der Waals surface area contributed by atoms with Gasteiger partial charge >= 0.3 is 5.97 Å². The second-order valence-corrected chi connectivity index (χ2v) is 5.09. The summed E-state index contributed by atoms with van der Waals surface area (Å²) < 4.78 is 0. The first-order chi connectivity index (χ1) is 10.1. The van der Waals surface area contributed by atoms with E-state index in [0.717, 1.165) is 31.6 Å². The Bertz CT molecular complexity index is 716. The Labute approximate surface area is 120 Å². The van der Waals surface area contributed by atoms with Crippen molar-refractivity contribution in [2.75, 3.05) is 18.0 Å². The van der Waals surface area contributed by atoms with Gasteiger partial charge in [0.1, 0.15) is 0 Å². The monoisotopic (exact) mass is 286 g/mol. The van der Waals surface area contributed by atoms with E-state index in [2.05, 4.69) is 4.90 Å². The van der Waals surface area contributed by atoms with Crippen molar-refractivity contribution in [3.8, 4) is 0 Å². The highest BCUT2D eigenvalue weighted by molar-refractivity contribution is 6.11. The number of nitrogens with zero attached hydrogens (tertiary/aromatic N) is 2. The number of hydrogen-bond donors (Lipinski definition) is 1. The molecule has 0 radical (unpaired) electrons. The van der Waals surface area contributed by atoms with Gasteiger partial charge in [-0.15, -0.1) is 0 Å². The maximum absolute atomic E-state index is 11.4. The molecule has 0 amide bonds. The molecule has 3 rings (SSSR count). The lowest BCUT2D eigenvalue weighted by molar-refractivity contribution is -0.383. The van der Waals surface area contributed by atoms with Crippen molar-refractivity contribution < 1.29 is 14.8 Å². The number of carbonyl (C=O) groups is 1. The van der Waals surface area contributed by atoms with Crippen LogP contribution in [0.1, 0.15) is 23.2 Å². The number of nitro benzene ring substituents is 1. The Kier molecular flexibility index (Phi) is 3.21. The molecular weight excluding hydrogens is 272 g/mol. The van der Waals surface area contributed by atoms with E-state index in [1.807, 2.05) is 0 Å². The van der Waals surface area contributed by atoms with E-state index in [1.54, 1.807) is 18.2 Å². The number of carboxylic acids is 1. The molecule has 1 saturated heterocycles. The van der Waals surface area contributed by atoms with E-state index >= 15 is 0 Å². The summed E-state index contributed by atoms with van der Waals surface area (Å²) in [5.41, 5.74) is 0.683. The van der Waals surface area contributed by atoms with Crippen molar-refractivity contribution in [3.05, 3.63) is 46.0 Å². The molecule has 0 unspecified atom stereocenters. The summed E-state index contributed by atoms with van der Waals surface area (Å²) in [6, 6.07) is 7.92. The first-order valence-electron chi connectivity index (χ1n) is 6.78. The number of carboxylic acid groups (broad SMARTS) is 1. The Morgan fingerprint density at radius 3 is 2.52 bits per heavy atom. The number of non-ortho nitro benzene ring substituents is 1. The Balaban J connectivity index is 2.34. The van der Waals surface area contributed by atoms with Crippen LogP contribution in [0.2, 0.25) is 0 Å². The second-order valence-electron chi connectivity index (χ2n) is 5.09. The number of benzene rings is 2. The zero-order valence-corrected chi connectivity index (χ0v) is 11.3. The van der Waals surface area contributed by atoms with E-state index < -0.39 is 10.9 Å². The molecule has 21 heavy (non-hydrogen) atoms. The zero-order chi connectivity index (χ0) is 15.0. The molecule has 1 fully saturated rings. The molecule has 0 aromatic heterocycles. The third-order valence-electron chi connectivity index (χ3n) is 3.87. The molecule has 0 spiro atoms. The van der Waals surface area contributed by atoms with Crippen LogP contribution in [0.4, 0.5) is 11.4 Å². The van der Waals surface area contributed by atoms with Crippen LogP contribution in [0.5, 0.6) is 0 Å². The lowest BCUT2D eigenvalue weighted by atomic mass is 10.0. The summed E-state index contributed by atoms with van der Waals surface area (Å²) in [7, 11) is 0. The minimum atomic E-state index is -1.15. The van der Waals surface area contributed by atoms with Gasteiger partial charge in [-0.3, -0.25) is 10.1 Å². The molecule has 0 saturated carbocycles. The van der Waals surface area contributed by atoms with Crippen LogP contribution in [-0.2, 0) is 0 Å². The first kappa shape index (κ1) is 13.4. The summed E-state index contributed by atoms with van der Waals surface area (Å²) in [5, 5.41) is 21.4. The Hall–Kier alpha value is -2.63. The van der Waals surface area contributed by atoms with Crippen LogP contribution in [-0.4, -0.2) is 29.1 Å². The highest BCUT2D eigenvalue weighted by Gasteiger charge is 2.23. The van der Waals surface area contributed by atoms with Gasteiger partial charge in [0.2, 0.25) is 0 Å². The fourth-order valence-electron chi connectivity index (χ4n) is 2.94. The van der Waals surface area contributed by atoms with Gasteiger partial charge in [0, 0.05) is 30.2 Å². The van der Waals surface area contributed by atoms with Crippen LogP contribution >= 0.6 is 0 Å². The number of nitro groups is 1. The minimum Gasteiger partial charge on any atom is -0.478 e. The van der Waals surface area contributed by atoms with Crippen molar-refractivity contribution in [2.45, 2.75) is 12.8 Å². The number of fused-ring (bicyclic) bond motifs is 1. The molecule has 1 heterocycles. The average Bonchev–Trinajstić information content (AvgIpc) is 2.99. The fraction of sp³-hybridized carbons (Fsp3) is 0.267. The molecule has 108 valence electrons. The SMILES string of the molecule is O=C(O)c1cccc2c(N3CCCC3)ccc([N+](=O)[O-])c12. The Morgan fingerprint density at radius 2 is 1.90 bits per heavy atom. The summed E-state index contributed by atoms with van der Waals surface area (Å²) >= 11 is 0. The number of rotatable bonds is 3. The highest BCUT2D eigenvalue weighted by atomic mass is 16.6. The van der Waals surface area contributed by atoms with Gasteiger partial charge < -0.3 is 10.0 Å². The normalized spacial score (nSPS) is 14.6. The molecule has 1 N–H and O–H groups in total. The molecule has 0 atom stereocenters. The van der Waals surface area contributed by atoms with Gasteiger partial charge in [0.05, 0.1) is 15.9 Å². The highest BCUT2D eigenvalue weighted by Crippen LogP contribution is 2.37. The molecule has 6 nitrogen and oxygen atoms in total. The number of anilines is 1. The van der Waals surface area contributed by atoms with Crippen LogP contribution in [0, 0.1) is 10.1 Å². The third-order valence-corrected chi connectivity index (χ3v) is 3.87. The quantitative estimate of drug-likeness (QED) is 0.692. The minimum absolute atomic E-state index is 0.0275. The summed E-state index contributed by atoms with van der Waals surface area (Å²) in [6.07, 6.45) is 2.16. The molecule has 2 aromatic rings. The summed E-state index contributed by atoms with van der Waals surface area (Å²) in [5.74, 6) is -1.15. The average molecular weight is 286 g/mol. The van der Waals surface area contributed by atoms with Crippen molar-refractivity contribution in [1.29, 1.82) is 0 Å². The van der Waals surface area contributed by atoms with E-state index in [9.17, 15) is 20.0 Å². The van der Waals surface area contributed by atoms with Crippen molar-refractivity contribution in [2.24, 2.45) is 0 Å². The fourth-order valence-corrected chi connectivity index (χ4v) is 2.94. The predicted molar refractivity (Wildman–Crippen MR) is 79.0 cm³/mol. The van der Waals surface area contributed by atoms with Gasteiger partial charge in [-0.25, -0.2) is 4.79 Å². The van der Waals surface area contributed by atoms with E-state index in [1.165, 1.54) is 12.1 Å². The molecule has 0 aliphatic carbocycles. The Morgan fingerprint density at radius 1 is 1.19 bits per heavy atom. The summed E-state index contributed by atoms with van der Waals surface area (Å²) in [4.78, 5) is 24.2. The van der Waals surface area contributed by atoms with Gasteiger partial charge in [-0.1, -0.05) is 12.1 Å². The van der Waals surface area contributed by atoms with Crippen molar-refractivity contribution in [1.82, 2.24) is 0 Å². The second kappa shape index (κ2) is 5.05. The summed E-state index contributed by atoms with van der Waals surface area (Å²) in [6.45, 7) is 1.79. The smallest absolute Gasteiger partial charge is 0.336 e. The molecule has 0 bridgehead atoms. The maximum atomic E-state index is 11.4. The predicted octanol–water partition coefficient (Wildman–Crippen LogP) is 3.05. The van der Waals surface area contributed by atoms with Crippen molar-refractivity contribution >= 4 is 28.1 Å². The van der Waals surface area contributed by atoms with Crippen molar-refractivity contribution in [3.63, 3.8) is 0 Å². The third kappa shape index (κ3) is 2.18. The van der Waals surface area contributed by atoms with Gasteiger partial charge in [0.15, 0.2) is 0 Å². The lowest BCUT2D eigenvalue weighted by Crippen LogP contribution is -2.18. The molecule has 1 aliphatic heterocycles. The van der Waals surface area contributed by atoms with Crippen LogP contribution in [0.25, 0.3) is 10.8 Å². The van der Waals surface area contributed by atoms with E-state index in [-0.39, 0.29) is 16.6 Å². The molecule has 6 heteroatoms. The van der Waals surface area contributed by atoms with Crippen LogP contribution in [0.3, 0.4) is 0 Å². The van der Waals surface area contributed by atoms with Crippen LogP contribution in [0.15, 0.2) is 30.3 Å². The molecule has 1 aliphatic rings. The first-order valence-corrected chi connectivity index (χ1v) is 6.78. The number of hydrogen-bond acceptors (Lipinski definition) is 4. The number of aromatic carboxylic acids is 1. The van der Waals surface area contributed by atoms with Gasteiger partial charge in [-0.2, -0.15) is 0 Å². The molecular formula is C15H14N2O4. The maximum Gasteiger partial charge on any atom is 0.336 e. The topological polar surface area (TPSA) is 83.7 Å². The molecule has 2 aromatic carbocycles. The van der Waals surface area contributed by atoms with Crippen LogP contribution < -0.4 is 4.90 Å². The largest absolute Gasteiger partial charge is 0.478 e. The zero-order valence-electron chi connectivity index (χ0n) is 11.3. The standard InChI is InChI=1S/C15H14N2O4/c18-15(19)11-5-3-4-10-12(16-8-1-2-9-16)6-7-13(14(10)11)17(20)21/h3-7H,1-2,8-9H2,(H,18,19). The van der Waals surface area contributed by atoms with Gasteiger partial charge in [-0.05, 0) is 25.0 Å². The van der Waals surface area contributed by atoms with E-state index in [0.29, 0.717) is 5.39 Å².